The van der Waals surface area contributed by atoms with Crippen LogP contribution in [0.25, 0.3) is 6.08 Å². The normalized spacial score (nSPS) is 12.0. The molecule has 1 aromatic carbocycles. The van der Waals surface area contributed by atoms with Crippen LogP contribution in [0, 0.1) is 16.0 Å². The summed E-state index contributed by atoms with van der Waals surface area (Å²) >= 11 is 0. The molecule has 1 unspecified atom stereocenters. The van der Waals surface area contributed by atoms with Crippen molar-refractivity contribution in [2.24, 2.45) is 5.92 Å². The lowest BCUT2D eigenvalue weighted by molar-refractivity contribution is -0.385. The average molecular weight is 292 g/mol. The highest BCUT2D eigenvalue weighted by molar-refractivity contribution is 5.92. The lowest BCUT2D eigenvalue weighted by Crippen LogP contribution is -2.31. The molecule has 0 saturated carbocycles. The van der Waals surface area contributed by atoms with Crippen LogP contribution in [-0.2, 0) is 9.59 Å². The van der Waals surface area contributed by atoms with Gasteiger partial charge in [-0.2, -0.15) is 0 Å². The molecule has 0 radical (unpaired) electrons. The number of hydrogen-bond donors (Lipinski definition) is 2. The van der Waals surface area contributed by atoms with Crippen molar-refractivity contribution < 1.29 is 19.6 Å². The molecule has 0 aliphatic heterocycles. The quantitative estimate of drug-likeness (QED) is 0.452. The second kappa shape index (κ2) is 7.78. The number of carbonyl (C=O) groups is 2. The summed E-state index contributed by atoms with van der Waals surface area (Å²) in [6.07, 6.45) is 2.88. The van der Waals surface area contributed by atoms with Gasteiger partial charge in [-0.1, -0.05) is 19.1 Å². The van der Waals surface area contributed by atoms with E-state index in [1.54, 1.807) is 13.0 Å². The number of benzene rings is 1. The van der Waals surface area contributed by atoms with Crippen molar-refractivity contribution in [3.05, 3.63) is 46.0 Å². The minimum absolute atomic E-state index is 0.0197. The minimum atomic E-state index is -0.972. The summed E-state index contributed by atoms with van der Waals surface area (Å²) in [5, 5.41) is 22.1. The van der Waals surface area contributed by atoms with Gasteiger partial charge in [0.1, 0.15) is 0 Å². The van der Waals surface area contributed by atoms with E-state index < -0.39 is 22.7 Å². The Labute approximate surface area is 121 Å². The number of aliphatic carboxylic acids is 1. The first kappa shape index (κ1) is 16.4. The maximum atomic E-state index is 11.6. The number of hydrogen-bond acceptors (Lipinski definition) is 4. The molecule has 2 N–H and O–H groups in total. The highest BCUT2D eigenvalue weighted by atomic mass is 16.6. The summed E-state index contributed by atoms with van der Waals surface area (Å²) in [5.74, 6) is -2.11. The van der Waals surface area contributed by atoms with Gasteiger partial charge in [0.05, 0.1) is 16.4 Å². The largest absolute Gasteiger partial charge is 0.481 e. The van der Waals surface area contributed by atoms with Gasteiger partial charge in [0, 0.05) is 18.7 Å². The molecule has 0 aliphatic carbocycles. The van der Waals surface area contributed by atoms with Crippen molar-refractivity contribution >= 4 is 23.6 Å². The van der Waals surface area contributed by atoms with E-state index in [0.717, 1.165) is 6.08 Å². The molecule has 1 rings (SSSR count). The molecule has 0 aliphatic rings. The summed E-state index contributed by atoms with van der Waals surface area (Å²) < 4.78 is 0. The number of carboxylic acids is 1. The van der Waals surface area contributed by atoms with Gasteiger partial charge in [0.15, 0.2) is 0 Å². The Morgan fingerprint density at radius 3 is 2.67 bits per heavy atom. The summed E-state index contributed by atoms with van der Waals surface area (Å²) in [7, 11) is 0. The second-order valence-corrected chi connectivity index (χ2v) is 4.34. The number of carbonyl (C=O) groups excluding carboxylic acids is 1. The van der Waals surface area contributed by atoms with Gasteiger partial charge in [-0.25, -0.2) is 0 Å². The number of para-hydroxylation sites is 1. The lowest BCUT2D eigenvalue weighted by atomic mass is 10.1. The number of amides is 1. The Bertz CT molecular complexity index is 568. The molecule has 0 spiro atoms. The number of nitro benzene ring substituents is 1. The predicted molar refractivity (Wildman–Crippen MR) is 76.6 cm³/mol. The number of nitrogens with one attached hydrogen (secondary N) is 1. The van der Waals surface area contributed by atoms with E-state index in [1.165, 1.54) is 24.3 Å². The van der Waals surface area contributed by atoms with E-state index >= 15 is 0 Å². The third-order valence-electron chi connectivity index (χ3n) is 2.91. The third kappa shape index (κ3) is 5.06. The number of nitro groups is 1. The molecule has 0 bridgehead atoms. The first-order chi connectivity index (χ1) is 9.95. The van der Waals surface area contributed by atoms with Gasteiger partial charge < -0.3 is 10.4 Å². The number of carboxylic acid groups (broad SMARTS) is 1. The molecule has 1 atom stereocenters. The summed E-state index contributed by atoms with van der Waals surface area (Å²) in [4.78, 5) is 32.6. The van der Waals surface area contributed by atoms with Crippen molar-refractivity contribution in [2.45, 2.75) is 13.3 Å². The zero-order valence-corrected chi connectivity index (χ0v) is 11.5. The first-order valence-corrected chi connectivity index (χ1v) is 6.37. The van der Waals surface area contributed by atoms with Crippen molar-refractivity contribution in [1.29, 1.82) is 0 Å². The number of nitrogens with zero attached hydrogens (tertiary/aromatic N) is 1. The first-order valence-electron chi connectivity index (χ1n) is 6.37. The van der Waals surface area contributed by atoms with Crippen LogP contribution in [0.15, 0.2) is 30.3 Å². The maximum Gasteiger partial charge on any atom is 0.308 e. The van der Waals surface area contributed by atoms with Crippen molar-refractivity contribution in [2.75, 3.05) is 6.54 Å². The molecule has 0 heterocycles. The standard InChI is InChI=1S/C14H16N2O5/c1-2-10(14(18)19)9-15-13(17)8-7-11-5-3-4-6-12(11)16(20)21/h3-8,10H,2,9H2,1H3,(H,15,17)(H,18,19). The van der Waals surface area contributed by atoms with Crippen LogP contribution in [0.5, 0.6) is 0 Å². The van der Waals surface area contributed by atoms with Crippen LogP contribution in [0.1, 0.15) is 18.9 Å². The Kier molecular flexibility index (Phi) is 6.06. The van der Waals surface area contributed by atoms with Crippen molar-refractivity contribution in [1.82, 2.24) is 5.32 Å². The smallest absolute Gasteiger partial charge is 0.308 e. The minimum Gasteiger partial charge on any atom is -0.481 e. The molecule has 21 heavy (non-hydrogen) atoms. The van der Waals surface area contributed by atoms with Crippen LogP contribution < -0.4 is 5.32 Å². The van der Waals surface area contributed by atoms with E-state index in [0.29, 0.717) is 12.0 Å². The van der Waals surface area contributed by atoms with E-state index in [9.17, 15) is 19.7 Å². The molecule has 112 valence electrons. The van der Waals surface area contributed by atoms with Gasteiger partial charge in [0.25, 0.3) is 5.69 Å². The molecular weight excluding hydrogens is 276 g/mol. The van der Waals surface area contributed by atoms with Gasteiger partial charge in [0.2, 0.25) is 5.91 Å². The Morgan fingerprint density at radius 2 is 2.10 bits per heavy atom. The topological polar surface area (TPSA) is 110 Å². The van der Waals surface area contributed by atoms with E-state index in [4.69, 9.17) is 5.11 Å². The Hall–Kier alpha value is -2.70. The highest BCUT2D eigenvalue weighted by Crippen LogP contribution is 2.18. The van der Waals surface area contributed by atoms with Crippen molar-refractivity contribution in [3.63, 3.8) is 0 Å². The van der Waals surface area contributed by atoms with Crippen LogP contribution in [0.4, 0.5) is 5.69 Å². The zero-order chi connectivity index (χ0) is 15.8. The zero-order valence-electron chi connectivity index (χ0n) is 11.5. The highest BCUT2D eigenvalue weighted by Gasteiger charge is 2.15. The lowest BCUT2D eigenvalue weighted by Gasteiger charge is -2.09. The average Bonchev–Trinajstić information content (AvgIpc) is 2.45. The van der Waals surface area contributed by atoms with Crippen LogP contribution in [0.2, 0.25) is 0 Å². The van der Waals surface area contributed by atoms with Crippen molar-refractivity contribution in [3.8, 4) is 0 Å². The predicted octanol–water partition coefficient (Wildman–Crippen LogP) is 1.83. The molecule has 7 nitrogen and oxygen atoms in total. The molecule has 0 aromatic heterocycles. The Balaban J connectivity index is 2.67. The molecular formula is C14H16N2O5. The van der Waals surface area contributed by atoms with Crippen LogP contribution in [0.3, 0.4) is 0 Å². The van der Waals surface area contributed by atoms with Gasteiger partial charge >= 0.3 is 5.97 Å². The third-order valence-corrected chi connectivity index (χ3v) is 2.91. The van der Waals surface area contributed by atoms with Gasteiger partial charge in [-0.15, -0.1) is 0 Å². The SMILES string of the molecule is CCC(CNC(=O)C=Cc1ccccc1[N+](=O)[O-])C(=O)O. The Morgan fingerprint density at radius 1 is 1.43 bits per heavy atom. The van der Waals surface area contributed by atoms with Crippen LogP contribution in [-0.4, -0.2) is 28.5 Å². The summed E-state index contributed by atoms with van der Waals surface area (Å²) in [5.41, 5.74) is 0.210. The maximum absolute atomic E-state index is 11.6. The van der Waals surface area contributed by atoms with Crippen LogP contribution >= 0.6 is 0 Å². The number of rotatable bonds is 7. The monoisotopic (exact) mass is 292 g/mol. The van der Waals surface area contributed by atoms with E-state index in [1.807, 2.05) is 0 Å². The molecule has 1 aromatic rings. The fourth-order valence-electron chi connectivity index (χ4n) is 1.65. The van der Waals surface area contributed by atoms with Gasteiger partial charge in [-0.3, -0.25) is 19.7 Å². The second-order valence-electron chi connectivity index (χ2n) is 4.34. The molecule has 0 fully saturated rings. The summed E-state index contributed by atoms with van der Waals surface area (Å²) in [6, 6.07) is 6.03. The molecule has 1 amide bonds. The fourth-order valence-corrected chi connectivity index (χ4v) is 1.65. The van der Waals surface area contributed by atoms with Gasteiger partial charge in [-0.05, 0) is 18.6 Å². The molecule has 0 saturated heterocycles. The molecule has 7 heteroatoms. The van der Waals surface area contributed by atoms with E-state index in [-0.39, 0.29) is 12.2 Å². The fraction of sp³-hybridized carbons (Fsp3) is 0.286. The van der Waals surface area contributed by atoms with E-state index in [2.05, 4.69) is 5.32 Å². The summed E-state index contributed by atoms with van der Waals surface area (Å²) in [6.45, 7) is 1.74.